The minimum Gasteiger partial charge on any atom is -0.444 e. The van der Waals surface area contributed by atoms with E-state index >= 15 is 0 Å². The normalized spacial score (nSPS) is 18.3. The molecule has 186 valence electrons. The molecule has 35 heavy (non-hydrogen) atoms. The molecule has 8 heteroatoms. The zero-order chi connectivity index (χ0) is 25.2. The van der Waals surface area contributed by atoms with E-state index in [1.807, 2.05) is 46.0 Å². The van der Waals surface area contributed by atoms with Gasteiger partial charge in [-0.05, 0) is 95.2 Å². The van der Waals surface area contributed by atoms with Crippen molar-refractivity contribution < 1.29 is 9.53 Å². The van der Waals surface area contributed by atoms with Crippen molar-refractivity contribution >= 4 is 28.8 Å². The number of hydrogen-bond donors (Lipinski definition) is 3. The van der Waals surface area contributed by atoms with Crippen LogP contribution in [0.4, 0.5) is 16.6 Å². The van der Waals surface area contributed by atoms with Crippen LogP contribution < -0.4 is 16.4 Å². The number of benzene rings is 1. The maximum atomic E-state index is 12.1. The quantitative estimate of drug-likeness (QED) is 0.452. The molecule has 0 bridgehead atoms. The van der Waals surface area contributed by atoms with Gasteiger partial charge < -0.3 is 21.1 Å². The number of carbonyl (C=O) groups excluding carboxylic acids is 1. The number of amides is 1. The predicted octanol–water partition coefficient (Wildman–Crippen LogP) is 5.39. The molecule has 0 saturated heterocycles. The molecule has 0 radical (unpaired) electrons. The number of ether oxygens (including phenoxy) is 1. The minimum absolute atomic E-state index is 0.136. The lowest BCUT2D eigenvalue weighted by molar-refractivity contribution is 0.0492. The van der Waals surface area contributed by atoms with Gasteiger partial charge >= 0.3 is 6.09 Å². The molecule has 1 fully saturated rings. The molecule has 2 aromatic heterocycles. The first-order chi connectivity index (χ1) is 16.6. The van der Waals surface area contributed by atoms with E-state index in [-0.39, 0.29) is 18.2 Å². The average Bonchev–Trinajstić information content (AvgIpc) is 2.78. The number of fused-ring (bicyclic) bond motifs is 1. The first-order valence-electron chi connectivity index (χ1n) is 12.4. The Balaban J connectivity index is 1.44. The first kappa shape index (κ1) is 24.7. The molecule has 0 spiro atoms. The van der Waals surface area contributed by atoms with E-state index in [9.17, 15) is 4.79 Å². The van der Waals surface area contributed by atoms with Crippen molar-refractivity contribution in [2.24, 2.45) is 0 Å². The van der Waals surface area contributed by atoms with Crippen LogP contribution in [-0.2, 0) is 11.2 Å². The average molecular weight is 477 g/mol. The third kappa shape index (κ3) is 6.18. The fourth-order valence-electron chi connectivity index (χ4n) is 4.64. The Morgan fingerprint density at radius 1 is 1.11 bits per heavy atom. The van der Waals surface area contributed by atoms with Gasteiger partial charge in [0.05, 0.1) is 5.52 Å². The maximum Gasteiger partial charge on any atom is 0.407 e. The summed E-state index contributed by atoms with van der Waals surface area (Å²) in [6.07, 6.45) is 6.07. The Kier molecular flexibility index (Phi) is 7.10. The molecule has 8 nitrogen and oxygen atoms in total. The van der Waals surface area contributed by atoms with E-state index in [0.29, 0.717) is 11.8 Å². The van der Waals surface area contributed by atoms with Crippen molar-refractivity contribution in [2.45, 2.75) is 84.4 Å². The molecule has 1 saturated carbocycles. The summed E-state index contributed by atoms with van der Waals surface area (Å²) in [7, 11) is 0. The second kappa shape index (κ2) is 10.1. The van der Waals surface area contributed by atoms with Crippen molar-refractivity contribution in [2.75, 3.05) is 11.1 Å². The maximum absolute atomic E-state index is 12.1. The Morgan fingerprint density at radius 3 is 2.49 bits per heavy atom. The van der Waals surface area contributed by atoms with Crippen LogP contribution in [0.2, 0.25) is 0 Å². The van der Waals surface area contributed by atoms with Crippen molar-refractivity contribution in [3.63, 3.8) is 0 Å². The van der Waals surface area contributed by atoms with E-state index in [1.165, 1.54) is 5.56 Å². The fourth-order valence-corrected chi connectivity index (χ4v) is 4.64. The largest absolute Gasteiger partial charge is 0.444 e. The monoisotopic (exact) mass is 476 g/mol. The van der Waals surface area contributed by atoms with Gasteiger partial charge in [0.25, 0.3) is 0 Å². The number of aryl methyl sites for hydroxylation is 2. The molecule has 1 amide bonds. The summed E-state index contributed by atoms with van der Waals surface area (Å²) in [6, 6.07) is 8.57. The van der Waals surface area contributed by atoms with E-state index in [2.05, 4.69) is 39.7 Å². The third-order valence-electron chi connectivity index (χ3n) is 6.34. The third-order valence-corrected chi connectivity index (χ3v) is 6.34. The van der Waals surface area contributed by atoms with E-state index in [0.717, 1.165) is 59.8 Å². The van der Waals surface area contributed by atoms with Gasteiger partial charge in [0.2, 0.25) is 5.95 Å². The van der Waals surface area contributed by atoms with Crippen LogP contribution in [-0.4, -0.2) is 38.7 Å². The Morgan fingerprint density at radius 2 is 1.83 bits per heavy atom. The number of anilines is 2. The van der Waals surface area contributed by atoms with Gasteiger partial charge in [0, 0.05) is 34.9 Å². The number of carbonyl (C=O) groups is 1. The van der Waals surface area contributed by atoms with Crippen LogP contribution in [0.5, 0.6) is 0 Å². The number of nitrogen functional groups attached to an aromatic ring is 1. The molecule has 0 aliphatic heterocycles. The van der Waals surface area contributed by atoms with Gasteiger partial charge in [-0.1, -0.05) is 6.92 Å². The molecule has 4 N–H and O–H groups in total. The summed E-state index contributed by atoms with van der Waals surface area (Å²) in [5.74, 6) is 1.17. The fraction of sp³-hybridized carbons (Fsp3) is 0.481. The zero-order valence-corrected chi connectivity index (χ0v) is 21.3. The first-order valence-corrected chi connectivity index (χ1v) is 12.4. The summed E-state index contributed by atoms with van der Waals surface area (Å²) < 4.78 is 5.38. The summed E-state index contributed by atoms with van der Waals surface area (Å²) in [5, 5.41) is 7.51. The van der Waals surface area contributed by atoms with E-state index in [1.54, 1.807) is 0 Å². The minimum atomic E-state index is -0.487. The molecule has 1 aliphatic rings. The molecule has 1 aliphatic carbocycles. The molecule has 2 heterocycles. The molecular formula is C27H36N6O2. The van der Waals surface area contributed by atoms with Gasteiger partial charge in [-0.3, -0.25) is 0 Å². The number of hydrogen-bond acceptors (Lipinski definition) is 7. The summed E-state index contributed by atoms with van der Waals surface area (Å²) >= 11 is 0. The van der Waals surface area contributed by atoms with Crippen LogP contribution in [0, 0.1) is 6.92 Å². The van der Waals surface area contributed by atoms with Gasteiger partial charge in [-0.15, -0.1) is 0 Å². The second-order valence-electron chi connectivity index (χ2n) is 10.3. The van der Waals surface area contributed by atoms with Crippen LogP contribution in [0.3, 0.4) is 0 Å². The van der Waals surface area contributed by atoms with Crippen molar-refractivity contribution in [1.82, 2.24) is 20.3 Å². The molecular weight excluding hydrogens is 440 g/mol. The topological polar surface area (TPSA) is 115 Å². The lowest BCUT2D eigenvalue weighted by Gasteiger charge is -2.30. The van der Waals surface area contributed by atoms with Crippen molar-refractivity contribution in [3.8, 4) is 11.1 Å². The van der Waals surface area contributed by atoms with Gasteiger partial charge in [0.1, 0.15) is 11.4 Å². The Hall–Kier alpha value is -3.42. The van der Waals surface area contributed by atoms with Gasteiger partial charge in [0.15, 0.2) is 0 Å². The van der Waals surface area contributed by atoms with Crippen LogP contribution in [0.25, 0.3) is 22.0 Å². The number of rotatable bonds is 5. The number of aromatic nitrogens is 3. The number of nitrogens with two attached hydrogens (primary N) is 1. The lowest BCUT2D eigenvalue weighted by atomic mass is 9.91. The standard InChI is InChI=1S/C27H36N6O2/c1-6-17-13-18(22-11-12-23(28)30-16(22)2)14-19-15-29-25(33-24(17)19)31-20-7-9-21(10-8-20)32-26(34)35-27(3,4)5/h11-15,20-21H,6-10H2,1-5H3,(H2,28,30)(H,32,34)(H,29,31,33). The SMILES string of the molecule is CCc1cc(-c2ccc(N)nc2C)cc2cnc(NC3CCC(NC(=O)OC(C)(C)C)CC3)nc12. The summed E-state index contributed by atoms with van der Waals surface area (Å²) in [5.41, 5.74) is 10.6. The Labute approximate surface area is 207 Å². The number of nitrogens with one attached hydrogen (secondary N) is 2. The van der Waals surface area contributed by atoms with E-state index in [4.69, 9.17) is 15.5 Å². The highest BCUT2D eigenvalue weighted by molar-refractivity contribution is 5.88. The molecule has 0 unspecified atom stereocenters. The lowest BCUT2D eigenvalue weighted by Crippen LogP contribution is -2.42. The predicted molar refractivity (Wildman–Crippen MR) is 140 cm³/mol. The molecule has 3 aromatic rings. The number of nitrogens with zero attached hydrogens (tertiary/aromatic N) is 3. The van der Waals surface area contributed by atoms with Crippen molar-refractivity contribution in [1.29, 1.82) is 0 Å². The number of alkyl carbamates (subject to hydrolysis) is 1. The summed E-state index contributed by atoms with van der Waals surface area (Å²) in [4.78, 5) is 25.9. The molecule has 1 aromatic carbocycles. The number of pyridine rings is 1. The Bertz CT molecular complexity index is 1210. The zero-order valence-electron chi connectivity index (χ0n) is 21.3. The highest BCUT2D eigenvalue weighted by Gasteiger charge is 2.25. The molecule has 0 atom stereocenters. The second-order valence-corrected chi connectivity index (χ2v) is 10.3. The summed E-state index contributed by atoms with van der Waals surface area (Å²) in [6.45, 7) is 9.73. The van der Waals surface area contributed by atoms with Gasteiger partial charge in [-0.2, -0.15) is 0 Å². The smallest absolute Gasteiger partial charge is 0.407 e. The van der Waals surface area contributed by atoms with Crippen molar-refractivity contribution in [3.05, 3.63) is 41.7 Å². The van der Waals surface area contributed by atoms with Crippen LogP contribution in [0.15, 0.2) is 30.5 Å². The molecule has 4 rings (SSSR count). The van der Waals surface area contributed by atoms with Gasteiger partial charge in [-0.25, -0.2) is 19.7 Å². The van der Waals surface area contributed by atoms with E-state index < -0.39 is 5.60 Å². The highest BCUT2D eigenvalue weighted by Crippen LogP contribution is 2.30. The highest BCUT2D eigenvalue weighted by atomic mass is 16.6. The van der Waals surface area contributed by atoms with Crippen LogP contribution >= 0.6 is 0 Å². The van der Waals surface area contributed by atoms with Crippen LogP contribution in [0.1, 0.15) is 64.6 Å².